The third kappa shape index (κ3) is 3.46. The van der Waals surface area contributed by atoms with Crippen LogP contribution in [0.25, 0.3) is 0 Å². The number of halogens is 1. The molecule has 2 nitrogen and oxygen atoms in total. The minimum atomic E-state index is 0.0823. The number of rotatable bonds is 3. The highest BCUT2D eigenvalue weighted by molar-refractivity contribution is 14.1. The molecule has 1 aliphatic rings. The molecule has 1 fully saturated rings. The van der Waals surface area contributed by atoms with E-state index in [4.69, 9.17) is 0 Å². The van der Waals surface area contributed by atoms with Gasteiger partial charge in [-0.25, -0.2) is 0 Å². The number of hydrogen-bond donors (Lipinski definition) is 1. The van der Waals surface area contributed by atoms with Gasteiger partial charge in [-0.1, -0.05) is 32.3 Å². The summed E-state index contributed by atoms with van der Waals surface area (Å²) in [7, 11) is 0. The summed E-state index contributed by atoms with van der Waals surface area (Å²) >= 11 is 2.24. The maximum absolute atomic E-state index is 12.2. The molecule has 1 N–H and O–H groups in total. The van der Waals surface area contributed by atoms with Crippen LogP contribution in [0.15, 0.2) is 24.3 Å². The molecule has 2 atom stereocenters. The molecule has 3 heteroatoms. The van der Waals surface area contributed by atoms with E-state index in [0.717, 1.165) is 22.0 Å². The Bertz CT molecular complexity index is 419. The molecule has 1 saturated carbocycles. The third-order valence-electron chi connectivity index (χ3n) is 3.84. The highest BCUT2D eigenvalue weighted by Gasteiger charge is 2.25. The fourth-order valence-corrected chi connectivity index (χ4v) is 3.31. The Balaban J connectivity index is 2.02. The predicted octanol–water partition coefficient (Wildman–Crippen LogP) is 3.99. The smallest absolute Gasteiger partial charge is 0.251 e. The summed E-state index contributed by atoms with van der Waals surface area (Å²) in [6.45, 7) is 2.22. The largest absolute Gasteiger partial charge is 0.349 e. The summed E-state index contributed by atoms with van der Waals surface area (Å²) in [4.78, 5) is 12.2. The average molecular weight is 357 g/mol. The van der Waals surface area contributed by atoms with Gasteiger partial charge in [0.25, 0.3) is 5.91 Å². The van der Waals surface area contributed by atoms with Crippen molar-refractivity contribution < 1.29 is 4.79 Å². The fraction of sp³-hybridized carbons (Fsp3) is 0.533. The van der Waals surface area contributed by atoms with Crippen LogP contribution in [0.2, 0.25) is 0 Å². The lowest BCUT2D eigenvalue weighted by molar-refractivity contribution is 0.0904. The molecule has 0 bridgehead atoms. The lowest BCUT2D eigenvalue weighted by Gasteiger charge is -2.31. The fourth-order valence-electron chi connectivity index (χ4n) is 2.77. The van der Waals surface area contributed by atoms with Crippen molar-refractivity contribution in [1.82, 2.24) is 5.32 Å². The molecule has 1 aliphatic carbocycles. The van der Waals surface area contributed by atoms with Gasteiger partial charge in [0.1, 0.15) is 0 Å². The van der Waals surface area contributed by atoms with Crippen molar-refractivity contribution in [3.8, 4) is 0 Å². The van der Waals surface area contributed by atoms with Crippen molar-refractivity contribution in [3.63, 3.8) is 0 Å². The monoisotopic (exact) mass is 357 g/mol. The van der Waals surface area contributed by atoms with Crippen molar-refractivity contribution >= 4 is 28.5 Å². The molecule has 0 radical (unpaired) electrons. The van der Waals surface area contributed by atoms with Crippen LogP contribution in [0.5, 0.6) is 0 Å². The number of benzene rings is 1. The molecular weight excluding hydrogens is 337 g/mol. The molecule has 2 rings (SSSR count). The topological polar surface area (TPSA) is 29.1 Å². The van der Waals surface area contributed by atoms with Crippen LogP contribution < -0.4 is 5.32 Å². The van der Waals surface area contributed by atoms with E-state index in [1.165, 1.54) is 19.3 Å². The van der Waals surface area contributed by atoms with Crippen LogP contribution in [0.3, 0.4) is 0 Å². The molecule has 98 valence electrons. The number of amides is 1. The highest BCUT2D eigenvalue weighted by Crippen LogP contribution is 2.27. The number of carbonyl (C=O) groups is 1. The van der Waals surface area contributed by atoms with Gasteiger partial charge in [0.15, 0.2) is 0 Å². The molecule has 1 aromatic carbocycles. The molecule has 0 aromatic heterocycles. The zero-order valence-corrected chi connectivity index (χ0v) is 12.9. The van der Waals surface area contributed by atoms with Gasteiger partial charge >= 0.3 is 0 Å². The van der Waals surface area contributed by atoms with E-state index >= 15 is 0 Å². The Hall–Kier alpha value is -0.580. The van der Waals surface area contributed by atoms with Crippen molar-refractivity contribution in [1.29, 1.82) is 0 Å². The van der Waals surface area contributed by atoms with Crippen LogP contribution in [0.1, 0.15) is 49.4 Å². The lowest BCUT2D eigenvalue weighted by Crippen LogP contribution is -2.41. The second-order valence-corrected chi connectivity index (χ2v) is 6.29. The molecule has 18 heavy (non-hydrogen) atoms. The third-order valence-corrected chi connectivity index (χ3v) is 4.51. The molecule has 1 amide bonds. The van der Waals surface area contributed by atoms with Crippen molar-refractivity contribution in [2.24, 2.45) is 5.92 Å². The van der Waals surface area contributed by atoms with Crippen LogP contribution in [0.4, 0.5) is 0 Å². The van der Waals surface area contributed by atoms with Crippen molar-refractivity contribution in [2.45, 2.75) is 45.1 Å². The molecule has 0 saturated heterocycles. The van der Waals surface area contributed by atoms with Gasteiger partial charge < -0.3 is 5.32 Å². The van der Waals surface area contributed by atoms with E-state index < -0.39 is 0 Å². The van der Waals surface area contributed by atoms with Gasteiger partial charge in [-0.05, 0) is 59.5 Å². The Morgan fingerprint density at radius 1 is 1.39 bits per heavy atom. The van der Waals surface area contributed by atoms with Gasteiger partial charge in [0.2, 0.25) is 0 Å². The first kappa shape index (κ1) is 13.8. The van der Waals surface area contributed by atoms with Gasteiger partial charge in [0, 0.05) is 15.2 Å². The zero-order valence-electron chi connectivity index (χ0n) is 10.8. The van der Waals surface area contributed by atoms with E-state index in [-0.39, 0.29) is 5.91 Å². The summed E-state index contributed by atoms with van der Waals surface area (Å²) < 4.78 is 1.11. The van der Waals surface area contributed by atoms with Gasteiger partial charge in [0.05, 0.1) is 0 Å². The van der Waals surface area contributed by atoms with Gasteiger partial charge in [-0.3, -0.25) is 4.79 Å². The first-order valence-electron chi connectivity index (χ1n) is 6.77. The van der Waals surface area contributed by atoms with Crippen molar-refractivity contribution in [2.75, 3.05) is 0 Å². The maximum atomic E-state index is 12.2. The maximum Gasteiger partial charge on any atom is 0.251 e. The van der Waals surface area contributed by atoms with E-state index in [2.05, 4.69) is 34.8 Å². The Kier molecular flexibility index (Phi) is 5.03. The zero-order chi connectivity index (χ0) is 13.0. The molecule has 0 aliphatic heterocycles. The number of hydrogen-bond acceptors (Lipinski definition) is 1. The Morgan fingerprint density at radius 2 is 2.17 bits per heavy atom. The van der Waals surface area contributed by atoms with Crippen LogP contribution in [-0.2, 0) is 0 Å². The number of carbonyl (C=O) groups excluding carboxylic acids is 1. The molecule has 0 spiro atoms. The van der Waals surface area contributed by atoms with Crippen molar-refractivity contribution in [3.05, 3.63) is 33.4 Å². The van der Waals surface area contributed by atoms with Gasteiger partial charge in [-0.2, -0.15) is 0 Å². The van der Waals surface area contributed by atoms with Crippen LogP contribution in [-0.4, -0.2) is 11.9 Å². The summed E-state index contributed by atoms with van der Waals surface area (Å²) in [5, 5.41) is 3.22. The molecule has 0 heterocycles. The predicted molar refractivity (Wildman–Crippen MR) is 82.7 cm³/mol. The quantitative estimate of drug-likeness (QED) is 0.815. The Labute approximate surface area is 123 Å². The Morgan fingerprint density at radius 3 is 2.89 bits per heavy atom. The van der Waals surface area contributed by atoms with Crippen LogP contribution in [0, 0.1) is 9.49 Å². The lowest BCUT2D eigenvalue weighted by atomic mass is 9.83. The standard InChI is InChI=1S/C15H20INO/c1-2-11-6-3-4-9-14(11)17-15(18)12-7-5-8-13(16)10-12/h5,7-8,10-11,14H,2-4,6,9H2,1H3,(H,17,18). The van der Waals surface area contributed by atoms with E-state index in [9.17, 15) is 4.79 Å². The second kappa shape index (κ2) is 6.55. The first-order valence-corrected chi connectivity index (χ1v) is 7.85. The SMILES string of the molecule is CCC1CCCCC1NC(=O)c1cccc(I)c1. The van der Waals surface area contributed by atoms with Gasteiger partial charge in [-0.15, -0.1) is 0 Å². The minimum Gasteiger partial charge on any atom is -0.349 e. The molecule has 1 aromatic rings. The van der Waals surface area contributed by atoms with Crippen LogP contribution >= 0.6 is 22.6 Å². The first-order chi connectivity index (χ1) is 8.70. The summed E-state index contributed by atoms with van der Waals surface area (Å²) in [5.74, 6) is 0.740. The summed E-state index contributed by atoms with van der Waals surface area (Å²) in [5.41, 5.74) is 0.780. The number of nitrogens with one attached hydrogen (secondary N) is 1. The highest BCUT2D eigenvalue weighted by atomic mass is 127. The van der Waals surface area contributed by atoms with E-state index in [1.54, 1.807) is 0 Å². The molecular formula is C15H20INO. The average Bonchev–Trinajstić information content (AvgIpc) is 2.39. The summed E-state index contributed by atoms with van der Waals surface area (Å²) in [6, 6.07) is 8.15. The summed E-state index contributed by atoms with van der Waals surface area (Å²) in [6.07, 6.45) is 6.11. The second-order valence-electron chi connectivity index (χ2n) is 5.04. The molecule has 2 unspecified atom stereocenters. The van der Waals surface area contributed by atoms with E-state index in [1.807, 2.05) is 24.3 Å². The normalized spacial score (nSPS) is 23.7. The minimum absolute atomic E-state index is 0.0823. The van der Waals surface area contributed by atoms with E-state index in [0.29, 0.717) is 12.0 Å².